The normalized spacial score (nSPS) is 14.5. The van der Waals surface area contributed by atoms with Crippen molar-refractivity contribution in [1.29, 1.82) is 0 Å². The van der Waals surface area contributed by atoms with Gasteiger partial charge in [0.15, 0.2) is 11.5 Å². The molecule has 2 aromatic rings. The maximum Gasteiger partial charge on any atom is 0.326 e. The Morgan fingerprint density at radius 2 is 1.91 bits per heavy atom. The van der Waals surface area contributed by atoms with Crippen molar-refractivity contribution < 1.29 is 28.6 Å². The molecule has 2 aromatic carbocycles. The van der Waals surface area contributed by atoms with E-state index in [1.807, 2.05) is 18.2 Å². The van der Waals surface area contributed by atoms with Crippen molar-refractivity contribution in [2.75, 3.05) is 13.7 Å². The van der Waals surface area contributed by atoms with Crippen LogP contribution in [0.2, 0.25) is 5.02 Å². The fourth-order valence-electron chi connectivity index (χ4n) is 3.34. The summed E-state index contributed by atoms with van der Waals surface area (Å²) in [7, 11) is 1.53. The summed E-state index contributed by atoms with van der Waals surface area (Å²) in [5.74, 6) is -0.151. The Hall–Kier alpha value is -3.23. The van der Waals surface area contributed by atoms with E-state index >= 15 is 0 Å². The maximum absolute atomic E-state index is 12.8. The number of halogens is 1. The Bertz CT molecular complexity index is 1160. The predicted molar refractivity (Wildman–Crippen MR) is 137 cm³/mol. The average Bonchev–Trinajstić information content (AvgIpc) is 3.06. The summed E-state index contributed by atoms with van der Waals surface area (Å²) in [4.78, 5) is 38.2. The van der Waals surface area contributed by atoms with Gasteiger partial charge >= 0.3 is 5.97 Å². The highest BCUT2D eigenvalue weighted by molar-refractivity contribution is 8.18. The number of amides is 2. The van der Waals surface area contributed by atoms with Gasteiger partial charge in [0, 0.05) is 10.6 Å². The Labute approximate surface area is 213 Å². The number of thioether (sulfide) groups is 1. The monoisotopic (exact) mass is 515 g/mol. The zero-order valence-electron chi connectivity index (χ0n) is 19.7. The van der Waals surface area contributed by atoms with Crippen LogP contribution in [0.5, 0.6) is 11.5 Å². The predicted octanol–water partition coefficient (Wildman–Crippen LogP) is 5.64. The zero-order valence-corrected chi connectivity index (χ0v) is 21.3. The molecule has 0 aliphatic carbocycles. The third-order valence-corrected chi connectivity index (χ3v) is 6.02. The average molecular weight is 516 g/mol. The van der Waals surface area contributed by atoms with Crippen molar-refractivity contribution >= 4 is 46.6 Å². The van der Waals surface area contributed by atoms with E-state index in [1.54, 1.807) is 44.2 Å². The van der Waals surface area contributed by atoms with Gasteiger partial charge in [-0.3, -0.25) is 19.3 Å². The first kappa shape index (κ1) is 26.4. The number of methoxy groups -OCH3 is 1. The number of allylic oxidation sites excluding steroid dienone is 1. The van der Waals surface area contributed by atoms with Gasteiger partial charge in [0.05, 0.1) is 18.1 Å². The lowest BCUT2D eigenvalue weighted by Gasteiger charge is -2.16. The van der Waals surface area contributed by atoms with E-state index in [2.05, 4.69) is 6.58 Å². The highest BCUT2D eigenvalue weighted by Crippen LogP contribution is 2.37. The highest BCUT2D eigenvalue weighted by atomic mass is 35.5. The largest absolute Gasteiger partial charge is 0.493 e. The fourth-order valence-corrected chi connectivity index (χ4v) is 4.31. The molecule has 1 saturated heterocycles. The molecule has 1 fully saturated rings. The van der Waals surface area contributed by atoms with Gasteiger partial charge in [0.25, 0.3) is 11.1 Å². The number of hydrogen-bond acceptors (Lipinski definition) is 7. The van der Waals surface area contributed by atoms with Crippen LogP contribution in [0, 0.1) is 0 Å². The summed E-state index contributed by atoms with van der Waals surface area (Å²) in [6, 6.07) is 10.9. The summed E-state index contributed by atoms with van der Waals surface area (Å²) < 4.78 is 16.7. The minimum atomic E-state index is -0.638. The van der Waals surface area contributed by atoms with Crippen LogP contribution >= 0.6 is 23.4 Å². The molecule has 0 aromatic heterocycles. The number of carbonyl (C=O) groups is 3. The van der Waals surface area contributed by atoms with Crippen molar-refractivity contribution in [1.82, 2.24) is 4.90 Å². The third kappa shape index (κ3) is 6.90. The molecule has 0 unspecified atom stereocenters. The molecule has 1 heterocycles. The van der Waals surface area contributed by atoms with Crippen LogP contribution in [0.3, 0.4) is 0 Å². The molecule has 7 nitrogen and oxygen atoms in total. The molecule has 9 heteroatoms. The lowest BCUT2D eigenvalue weighted by atomic mass is 10.0. The standard InChI is InChI=1S/C26H26ClNO6S/c1-5-6-19-11-18(12-21(32-4)24(19)33-15-17-7-9-20(27)10-8-17)13-22-25(30)28(26(31)35-22)14-23(29)34-16(2)3/h5,7-13,16H,1,6,14-15H2,2-4H3/b22-13+. The molecule has 184 valence electrons. The summed E-state index contributed by atoms with van der Waals surface area (Å²) in [6.07, 6.45) is 3.49. The van der Waals surface area contributed by atoms with Gasteiger partial charge in [-0.1, -0.05) is 29.8 Å². The van der Waals surface area contributed by atoms with Crippen molar-refractivity contribution in [2.45, 2.75) is 33.0 Å². The van der Waals surface area contributed by atoms with E-state index < -0.39 is 23.7 Å². The van der Waals surface area contributed by atoms with Crippen molar-refractivity contribution in [3.8, 4) is 11.5 Å². The third-order valence-electron chi connectivity index (χ3n) is 4.86. The number of rotatable bonds is 10. The van der Waals surface area contributed by atoms with Gasteiger partial charge in [-0.2, -0.15) is 0 Å². The van der Waals surface area contributed by atoms with Crippen LogP contribution in [0.15, 0.2) is 54.0 Å². The molecule has 35 heavy (non-hydrogen) atoms. The van der Waals surface area contributed by atoms with Gasteiger partial charge in [-0.25, -0.2) is 0 Å². The fraction of sp³-hybridized carbons (Fsp3) is 0.269. The van der Waals surface area contributed by atoms with E-state index in [4.69, 9.17) is 25.8 Å². The van der Waals surface area contributed by atoms with E-state index in [1.165, 1.54) is 7.11 Å². The van der Waals surface area contributed by atoms with E-state index in [-0.39, 0.29) is 11.0 Å². The first-order chi connectivity index (χ1) is 16.7. The number of esters is 1. The Balaban J connectivity index is 1.85. The Morgan fingerprint density at radius 1 is 1.20 bits per heavy atom. The van der Waals surface area contributed by atoms with Crippen molar-refractivity contribution in [3.63, 3.8) is 0 Å². The highest BCUT2D eigenvalue weighted by Gasteiger charge is 2.36. The lowest BCUT2D eigenvalue weighted by Crippen LogP contribution is -2.35. The second-order valence-corrected chi connectivity index (χ2v) is 9.36. The first-order valence-electron chi connectivity index (χ1n) is 10.9. The Kier molecular flexibility index (Phi) is 9.01. The zero-order chi connectivity index (χ0) is 25.5. The molecule has 2 amide bonds. The molecule has 1 aliphatic heterocycles. The number of carbonyl (C=O) groups excluding carboxylic acids is 3. The van der Waals surface area contributed by atoms with Gasteiger partial charge in [0.1, 0.15) is 13.2 Å². The lowest BCUT2D eigenvalue weighted by molar-refractivity contribution is -0.149. The van der Waals surface area contributed by atoms with Crippen LogP contribution in [0.1, 0.15) is 30.5 Å². The van der Waals surface area contributed by atoms with Gasteiger partial charge in [-0.05, 0) is 73.5 Å². The smallest absolute Gasteiger partial charge is 0.326 e. The van der Waals surface area contributed by atoms with E-state index in [0.717, 1.165) is 27.8 Å². The molecule has 0 saturated carbocycles. The molecule has 0 N–H and O–H groups in total. The molecule has 0 radical (unpaired) electrons. The summed E-state index contributed by atoms with van der Waals surface area (Å²) in [5.41, 5.74) is 2.39. The van der Waals surface area contributed by atoms with Crippen molar-refractivity contribution in [2.24, 2.45) is 0 Å². The molecular weight excluding hydrogens is 490 g/mol. The van der Waals surface area contributed by atoms with Gasteiger partial charge < -0.3 is 14.2 Å². The minimum Gasteiger partial charge on any atom is -0.493 e. The number of imide groups is 1. The molecule has 3 rings (SSSR count). The summed E-state index contributed by atoms with van der Waals surface area (Å²) in [6.45, 7) is 7.09. The quantitative estimate of drug-likeness (QED) is 0.230. The van der Waals surface area contributed by atoms with Crippen LogP contribution in [0.25, 0.3) is 6.08 Å². The summed E-state index contributed by atoms with van der Waals surface area (Å²) >= 11 is 6.72. The summed E-state index contributed by atoms with van der Waals surface area (Å²) in [5, 5.41) is 0.118. The SMILES string of the molecule is C=CCc1cc(/C=C2/SC(=O)N(CC(=O)OC(C)C)C2=O)cc(OC)c1OCc1ccc(Cl)cc1. The van der Waals surface area contributed by atoms with E-state index in [0.29, 0.717) is 35.1 Å². The van der Waals surface area contributed by atoms with Crippen LogP contribution < -0.4 is 9.47 Å². The molecule has 0 atom stereocenters. The molecule has 1 aliphatic rings. The van der Waals surface area contributed by atoms with Crippen molar-refractivity contribution in [3.05, 3.63) is 75.7 Å². The molecule has 0 bridgehead atoms. The van der Waals surface area contributed by atoms with Gasteiger partial charge in [-0.15, -0.1) is 6.58 Å². The number of ether oxygens (including phenoxy) is 3. The van der Waals surface area contributed by atoms with E-state index in [9.17, 15) is 14.4 Å². The molecule has 0 spiro atoms. The molecular formula is C26H26ClNO6S. The number of nitrogens with zero attached hydrogens (tertiary/aromatic N) is 1. The van der Waals surface area contributed by atoms with Crippen LogP contribution in [0.4, 0.5) is 4.79 Å². The topological polar surface area (TPSA) is 82.1 Å². The number of benzene rings is 2. The van der Waals surface area contributed by atoms with Crippen LogP contribution in [-0.4, -0.2) is 41.8 Å². The van der Waals surface area contributed by atoms with Gasteiger partial charge in [0.2, 0.25) is 0 Å². The number of hydrogen-bond donors (Lipinski definition) is 0. The second kappa shape index (κ2) is 12.0. The van der Waals surface area contributed by atoms with Crippen LogP contribution in [-0.2, 0) is 27.4 Å². The second-order valence-electron chi connectivity index (χ2n) is 7.93. The minimum absolute atomic E-state index is 0.203. The maximum atomic E-state index is 12.8. The first-order valence-corrected chi connectivity index (χ1v) is 12.0. The Morgan fingerprint density at radius 3 is 2.54 bits per heavy atom.